The minimum atomic E-state index is 0.622. The lowest BCUT2D eigenvalue weighted by Gasteiger charge is -2.59. The van der Waals surface area contributed by atoms with Crippen molar-refractivity contribution >= 4 is 28.3 Å². The summed E-state index contributed by atoms with van der Waals surface area (Å²) in [6.45, 7) is 2.43. The summed E-state index contributed by atoms with van der Waals surface area (Å²) in [5, 5.41) is 3.36. The third-order valence-electron chi connectivity index (χ3n) is 3.90. The Bertz CT molecular complexity index is 376. The topological polar surface area (TPSA) is 28.2 Å². The Hall–Kier alpha value is -0.360. The lowest BCUT2D eigenvalue weighted by molar-refractivity contribution is 0.0521. The van der Waals surface area contributed by atoms with Gasteiger partial charge in [-0.25, -0.2) is 4.98 Å². The van der Waals surface area contributed by atoms with Crippen molar-refractivity contribution in [2.45, 2.75) is 18.9 Å². The lowest BCUT2D eigenvalue weighted by Crippen LogP contribution is -2.66. The first-order chi connectivity index (χ1) is 7.71. The molecule has 1 aromatic rings. The van der Waals surface area contributed by atoms with Crippen molar-refractivity contribution in [2.75, 3.05) is 25.0 Å². The minimum absolute atomic E-state index is 0.622. The van der Waals surface area contributed by atoms with E-state index in [2.05, 4.69) is 57.0 Å². The SMILES string of the molecule is CNC1CC2(C1)CN(c1ccc(I)nc1)C2. The Morgan fingerprint density at radius 2 is 2.19 bits per heavy atom. The summed E-state index contributed by atoms with van der Waals surface area (Å²) in [5.41, 5.74) is 1.90. The maximum Gasteiger partial charge on any atom is 0.101 e. The highest BCUT2D eigenvalue weighted by Crippen LogP contribution is 2.49. The molecule has 0 atom stereocenters. The second kappa shape index (κ2) is 3.84. The Morgan fingerprint density at radius 3 is 2.75 bits per heavy atom. The number of aromatic nitrogens is 1. The molecule has 2 fully saturated rings. The van der Waals surface area contributed by atoms with E-state index in [9.17, 15) is 0 Å². The van der Waals surface area contributed by atoms with Crippen LogP contribution in [-0.2, 0) is 0 Å². The van der Waals surface area contributed by atoms with Gasteiger partial charge in [-0.1, -0.05) is 0 Å². The number of hydrogen-bond donors (Lipinski definition) is 1. The number of hydrogen-bond acceptors (Lipinski definition) is 3. The van der Waals surface area contributed by atoms with E-state index >= 15 is 0 Å². The molecule has 16 heavy (non-hydrogen) atoms. The van der Waals surface area contributed by atoms with Crippen LogP contribution in [0, 0.1) is 9.12 Å². The Morgan fingerprint density at radius 1 is 1.44 bits per heavy atom. The van der Waals surface area contributed by atoms with Crippen LogP contribution in [0.25, 0.3) is 0 Å². The molecule has 2 aliphatic rings. The maximum absolute atomic E-state index is 4.34. The summed E-state index contributed by atoms with van der Waals surface area (Å²) in [7, 11) is 2.07. The fraction of sp³-hybridized carbons (Fsp3) is 0.583. The zero-order chi connectivity index (χ0) is 11.2. The summed E-state index contributed by atoms with van der Waals surface area (Å²) in [5.74, 6) is 0. The molecule has 0 amide bonds. The summed E-state index contributed by atoms with van der Waals surface area (Å²) in [6.07, 6.45) is 4.68. The summed E-state index contributed by atoms with van der Waals surface area (Å²) >= 11 is 2.25. The first-order valence-corrected chi connectivity index (χ1v) is 6.82. The first kappa shape index (κ1) is 10.8. The molecule has 2 heterocycles. The van der Waals surface area contributed by atoms with Crippen LogP contribution in [-0.4, -0.2) is 31.2 Å². The van der Waals surface area contributed by atoms with E-state index < -0.39 is 0 Å². The van der Waals surface area contributed by atoms with Crippen LogP contribution >= 0.6 is 22.6 Å². The highest BCUT2D eigenvalue weighted by molar-refractivity contribution is 14.1. The molecule has 86 valence electrons. The van der Waals surface area contributed by atoms with Gasteiger partial charge in [0.2, 0.25) is 0 Å². The van der Waals surface area contributed by atoms with Gasteiger partial charge in [0.25, 0.3) is 0 Å². The van der Waals surface area contributed by atoms with Crippen LogP contribution in [0.1, 0.15) is 12.8 Å². The first-order valence-electron chi connectivity index (χ1n) is 5.75. The summed E-state index contributed by atoms with van der Waals surface area (Å²) in [6, 6.07) is 5.02. The van der Waals surface area contributed by atoms with E-state index in [1.807, 2.05) is 6.20 Å². The van der Waals surface area contributed by atoms with E-state index in [0.717, 1.165) is 9.74 Å². The summed E-state index contributed by atoms with van der Waals surface area (Å²) < 4.78 is 1.07. The fourth-order valence-corrected chi connectivity index (χ4v) is 3.27. The number of rotatable bonds is 2. The molecule has 0 radical (unpaired) electrons. The van der Waals surface area contributed by atoms with Gasteiger partial charge < -0.3 is 10.2 Å². The zero-order valence-corrected chi connectivity index (χ0v) is 11.6. The highest BCUT2D eigenvalue weighted by atomic mass is 127. The normalized spacial score (nSPS) is 23.0. The highest BCUT2D eigenvalue weighted by Gasteiger charge is 2.51. The van der Waals surface area contributed by atoms with Crippen molar-refractivity contribution in [3.8, 4) is 0 Å². The largest absolute Gasteiger partial charge is 0.369 e. The van der Waals surface area contributed by atoms with Gasteiger partial charge >= 0.3 is 0 Å². The monoisotopic (exact) mass is 329 g/mol. The smallest absolute Gasteiger partial charge is 0.101 e. The van der Waals surface area contributed by atoms with Crippen molar-refractivity contribution in [3.63, 3.8) is 0 Å². The van der Waals surface area contributed by atoms with E-state index in [1.54, 1.807) is 0 Å². The van der Waals surface area contributed by atoms with Crippen molar-refractivity contribution in [2.24, 2.45) is 5.41 Å². The van der Waals surface area contributed by atoms with E-state index in [4.69, 9.17) is 0 Å². The molecular weight excluding hydrogens is 313 g/mol. The molecule has 3 rings (SSSR count). The Balaban J connectivity index is 1.60. The van der Waals surface area contributed by atoms with Gasteiger partial charge in [0.1, 0.15) is 3.70 Å². The fourth-order valence-electron chi connectivity index (χ4n) is 2.95. The molecule has 3 nitrogen and oxygen atoms in total. The van der Waals surface area contributed by atoms with Crippen LogP contribution in [0.15, 0.2) is 18.3 Å². The number of nitrogens with zero attached hydrogens (tertiary/aromatic N) is 2. The van der Waals surface area contributed by atoms with Crippen LogP contribution in [0.2, 0.25) is 0 Å². The average Bonchev–Trinajstić information content (AvgIpc) is 2.17. The van der Waals surface area contributed by atoms with Crippen LogP contribution in [0.3, 0.4) is 0 Å². The van der Waals surface area contributed by atoms with Gasteiger partial charge in [0.05, 0.1) is 11.9 Å². The molecule has 1 aliphatic heterocycles. The van der Waals surface area contributed by atoms with Crippen molar-refractivity contribution < 1.29 is 0 Å². The molecular formula is C12H16IN3. The molecule has 1 saturated heterocycles. The maximum atomic E-state index is 4.34. The van der Waals surface area contributed by atoms with Gasteiger partial charge in [0.15, 0.2) is 0 Å². The van der Waals surface area contributed by atoms with Crippen molar-refractivity contribution in [1.29, 1.82) is 0 Å². The minimum Gasteiger partial charge on any atom is -0.369 e. The van der Waals surface area contributed by atoms with E-state index in [0.29, 0.717) is 5.41 Å². The van der Waals surface area contributed by atoms with Gasteiger partial charge in [-0.15, -0.1) is 0 Å². The lowest BCUT2D eigenvalue weighted by atomic mass is 9.60. The quantitative estimate of drug-likeness (QED) is 0.663. The van der Waals surface area contributed by atoms with Crippen LogP contribution < -0.4 is 10.2 Å². The standard InChI is InChI=1S/C12H16IN3/c1-14-9-4-12(5-9)7-16(8-12)10-2-3-11(13)15-6-10/h2-3,6,9,14H,4-5,7-8H2,1H3. The van der Waals surface area contributed by atoms with Gasteiger partial charge in [-0.3, -0.25) is 0 Å². The molecule has 0 bridgehead atoms. The van der Waals surface area contributed by atoms with E-state index in [-0.39, 0.29) is 0 Å². The molecule has 4 heteroatoms. The molecule has 0 unspecified atom stereocenters. The van der Waals surface area contributed by atoms with Gasteiger partial charge in [-0.2, -0.15) is 0 Å². The number of nitrogens with one attached hydrogen (secondary N) is 1. The van der Waals surface area contributed by atoms with Crippen molar-refractivity contribution in [3.05, 3.63) is 22.0 Å². The second-order valence-corrected chi connectivity index (χ2v) is 6.19. The Kier molecular flexibility index (Phi) is 2.58. The predicted octanol–water partition coefficient (Wildman–Crippen LogP) is 1.87. The van der Waals surface area contributed by atoms with Crippen LogP contribution in [0.5, 0.6) is 0 Å². The third-order valence-corrected chi connectivity index (χ3v) is 4.53. The Labute approximate surface area is 110 Å². The molecule has 1 aromatic heterocycles. The van der Waals surface area contributed by atoms with Gasteiger partial charge in [0, 0.05) is 24.5 Å². The molecule has 1 N–H and O–H groups in total. The number of halogens is 1. The van der Waals surface area contributed by atoms with E-state index in [1.165, 1.54) is 31.6 Å². The van der Waals surface area contributed by atoms with Crippen molar-refractivity contribution in [1.82, 2.24) is 10.3 Å². The third kappa shape index (κ3) is 1.72. The van der Waals surface area contributed by atoms with Gasteiger partial charge in [-0.05, 0) is 54.6 Å². The molecule has 1 saturated carbocycles. The zero-order valence-electron chi connectivity index (χ0n) is 9.41. The molecule has 1 spiro atoms. The second-order valence-electron chi connectivity index (χ2n) is 5.09. The molecule has 0 aromatic carbocycles. The average molecular weight is 329 g/mol. The predicted molar refractivity (Wildman–Crippen MR) is 73.7 cm³/mol. The molecule has 1 aliphatic carbocycles. The number of anilines is 1. The van der Waals surface area contributed by atoms with Crippen LogP contribution in [0.4, 0.5) is 5.69 Å². The summed E-state index contributed by atoms with van der Waals surface area (Å²) in [4.78, 5) is 6.78. The number of pyridine rings is 1.